The van der Waals surface area contributed by atoms with Crippen LogP contribution in [0, 0.1) is 0 Å². The molecule has 2 aromatic rings. The van der Waals surface area contributed by atoms with Gasteiger partial charge >= 0.3 is 0 Å². The number of nitrogen functional groups attached to an aromatic ring is 1. The third-order valence-corrected chi connectivity index (χ3v) is 5.48. The van der Waals surface area contributed by atoms with Crippen molar-refractivity contribution < 1.29 is 8.42 Å². The van der Waals surface area contributed by atoms with E-state index in [0.717, 1.165) is 12.8 Å². The van der Waals surface area contributed by atoms with E-state index in [-0.39, 0.29) is 16.9 Å². The summed E-state index contributed by atoms with van der Waals surface area (Å²) in [5, 5.41) is 0.0290. The first-order valence-corrected chi connectivity index (χ1v) is 8.31. The second-order valence-electron chi connectivity index (χ2n) is 5.38. The summed E-state index contributed by atoms with van der Waals surface area (Å²) >= 11 is 0. The summed E-state index contributed by atoms with van der Waals surface area (Å²) < 4.78 is 29.1. The highest BCUT2D eigenvalue weighted by atomic mass is 32.2. The van der Waals surface area contributed by atoms with Crippen LogP contribution in [-0.4, -0.2) is 24.0 Å². The maximum absolute atomic E-state index is 12.5. The molecule has 1 unspecified atom stereocenters. The maximum atomic E-state index is 12.5. The summed E-state index contributed by atoms with van der Waals surface area (Å²) in [5.41, 5.74) is 8.16. The van der Waals surface area contributed by atoms with E-state index < -0.39 is 10.0 Å². The SMILES string of the molecule is Cn1cnc(N)c1S(=O)(=O)NC1CCc2ccccc2C1. The van der Waals surface area contributed by atoms with Crippen molar-refractivity contribution >= 4 is 15.8 Å². The minimum absolute atomic E-state index is 0.0289. The molecule has 0 aliphatic heterocycles. The van der Waals surface area contributed by atoms with Crippen LogP contribution < -0.4 is 10.5 Å². The number of nitrogens with two attached hydrogens (primary N) is 1. The number of aromatic nitrogens is 2. The average Bonchev–Trinajstić information content (AvgIpc) is 2.78. The summed E-state index contributed by atoms with van der Waals surface area (Å²) in [6.07, 6.45) is 3.77. The maximum Gasteiger partial charge on any atom is 0.260 e. The van der Waals surface area contributed by atoms with Gasteiger partial charge in [-0.2, -0.15) is 0 Å². The standard InChI is InChI=1S/C14H18N4O2S/c1-18-9-16-13(15)14(18)21(19,20)17-12-7-6-10-4-2-3-5-11(10)8-12/h2-5,9,12,17H,6-8,15H2,1H3. The molecule has 6 nitrogen and oxygen atoms in total. The zero-order valence-electron chi connectivity index (χ0n) is 11.8. The van der Waals surface area contributed by atoms with Gasteiger partial charge in [0.1, 0.15) is 0 Å². The Balaban J connectivity index is 1.82. The minimum atomic E-state index is -3.65. The molecule has 1 atom stereocenters. The highest BCUT2D eigenvalue weighted by molar-refractivity contribution is 7.89. The summed E-state index contributed by atoms with van der Waals surface area (Å²) in [6.45, 7) is 0. The summed E-state index contributed by atoms with van der Waals surface area (Å²) in [6, 6.07) is 8.03. The molecule has 0 saturated heterocycles. The van der Waals surface area contributed by atoms with Crippen LogP contribution in [0.4, 0.5) is 5.82 Å². The van der Waals surface area contributed by atoms with Crippen LogP contribution in [0.1, 0.15) is 17.5 Å². The predicted octanol–water partition coefficient (Wildman–Crippen LogP) is 0.838. The predicted molar refractivity (Wildman–Crippen MR) is 80.2 cm³/mol. The monoisotopic (exact) mass is 306 g/mol. The molecular formula is C14H18N4O2S. The van der Waals surface area contributed by atoms with Crippen LogP contribution in [0.2, 0.25) is 0 Å². The normalized spacial score (nSPS) is 18.4. The van der Waals surface area contributed by atoms with Crippen LogP contribution in [0.25, 0.3) is 0 Å². The second kappa shape index (κ2) is 5.16. The molecular weight excluding hydrogens is 288 g/mol. The average molecular weight is 306 g/mol. The molecule has 3 N–H and O–H groups in total. The summed E-state index contributed by atoms with van der Waals surface area (Å²) in [7, 11) is -2.04. The summed E-state index contributed by atoms with van der Waals surface area (Å²) in [5.74, 6) is 0.0289. The summed E-state index contributed by atoms with van der Waals surface area (Å²) in [4.78, 5) is 3.83. The van der Waals surface area contributed by atoms with E-state index in [1.807, 2.05) is 18.2 Å². The van der Waals surface area contributed by atoms with Gasteiger partial charge in [-0.3, -0.25) is 0 Å². The van der Waals surface area contributed by atoms with Gasteiger partial charge in [-0.15, -0.1) is 0 Å². The number of hydrogen-bond acceptors (Lipinski definition) is 4. The molecule has 1 heterocycles. The third-order valence-electron chi connectivity index (χ3n) is 3.83. The smallest absolute Gasteiger partial charge is 0.260 e. The number of aryl methyl sites for hydroxylation is 2. The third kappa shape index (κ3) is 2.66. The lowest BCUT2D eigenvalue weighted by Gasteiger charge is -2.25. The first-order chi connectivity index (χ1) is 9.97. The highest BCUT2D eigenvalue weighted by Gasteiger charge is 2.27. The Morgan fingerprint density at radius 1 is 1.33 bits per heavy atom. The zero-order chi connectivity index (χ0) is 15.0. The Morgan fingerprint density at radius 3 is 2.71 bits per heavy atom. The molecule has 21 heavy (non-hydrogen) atoms. The molecule has 0 spiro atoms. The van der Waals surface area contributed by atoms with Gasteiger partial charge in [0.25, 0.3) is 10.0 Å². The Morgan fingerprint density at radius 2 is 2.05 bits per heavy atom. The van der Waals surface area contributed by atoms with E-state index in [9.17, 15) is 8.42 Å². The zero-order valence-corrected chi connectivity index (χ0v) is 12.6. The Bertz CT molecular complexity index is 748. The largest absolute Gasteiger partial charge is 0.381 e. The van der Waals surface area contributed by atoms with Gasteiger partial charge in [-0.1, -0.05) is 24.3 Å². The van der Waals surface area contributed by atoms with Gasteiger partial charge in [0.2, 0.25) is 0 Å². The van der Waals surface area contributed by atoms with Gasteiger partial charge in [-0.25, -0.2) is 18.1 Å². The number of anilines is 1. The Hall–Kier alpha value is -1.86. The van der Waals surface area contributed by atoms with Crippen molar-refractivity contribution in [3.63, 3.8) is 0 Å². The lowest BCUT2D eigenvalue weighted by atomic mass is 9.89. The van der Waals surface area contributed by atoms with E-state index in [0.29, 0.717) is 6.42 Å². The number of nitrogens with one attached hydrogen (secondary N) is 1. The van der Waals surface area contributed by atoms with Gasteiger partial charge in [0.15, 0.2) is 10.8 Å². The van der Waals surface area contributed by atoms with Crippen molar-refractivity contribution in [2.45, 2.75) is 30.3 Å². The van der Waals surface area contributed by atoms with Crippen LogP contribution in [-0.2, 0) is 29.9 Å². The first kappa shape index (κ1) is 14.1. The molecule has 1 aromatic carbocycles. The molecule has 0 radical (unpaired) electrons. The van der Waals surface area contributed by atoms with E-state index in [1.54, 1.807) is 7.05 Å². The second-order valence-corrected chi connectivity index (χ2v) is 7.00. The number of fused-ring (bicyclic) bond motifs is 1. The molecule has 1 aliphatic carbocycles. The first-order valence-electron chi connectivity index (χ1n) is 6.83. The molecule has 3 rings (SSSR count). The van der Waals surface area contributed by atoms with Gasteiger partial charge in [0, 0.05) is 13.1 Å². The minimum Gasteiger partial charge on any atom is -0.381 e. The van der Waals surface area contributed by atoms with Crippen LogP contribution in [0.15, 0.2) is 35.6 Å². The number of nitrogens with zero attached hydrogens (tertiary/aromatic N) is 2. The van der Waals surface area contributed by atoms with E-state index in [1.165, 1.54) is 22.0 Å². The van der Waals surface area contributed by atoms with Crippen LogP contribution in [0.3, 0.4) is 0 Å². The van der Waals surface area contributed by atoms with Crippen molar-refractivity contribution in [3.05, 3.63) is 41.7 Å². The van der Waals surface area contributed by atoms with E-state index >= 15 is 0 Å². The number of sulfonamides is 1. The molecule has 0 fully saturated rings. The number of rotatable bonds is 3. The fraction of sp³-hybridized carbons (Fsp3) is 0.357. The Labute approximate surface area is 124 Å². The van der Waals surface area contributed by atoms with Gasteiger partial charge in [-0.05, 0) is 30.4 Å². The van der Waals surface area contributed by atoms with Crippen molar-refractivity contribution in [2.24, 2.45) is 7.05 Å². The van der Waals surface area contributed by atoms with Crippen LogP contribution >= 0.6 is 0 Å². The molecule has 1 aromatic heterocycles. The van der Waals surface area contributed by atoms with Gasteiger partial charge < -0.3 is 10.3 Å². The molecule has 112 valence electrons. The van der Waals surface area contributed by atoms with Crippen molar-refractivity contribution in [3.8, 4) is 0 Å². The molecule has 0 amide bonds. The lowest BCUT2D eigenvalue weighted by molar-refractivity contribution is 0.503. The topological polar surface area (TPSA) is 90.0 Å². The molecule has 1 aliphatic rings. The molecule has 7 heteroatoms. The molecule has 0 bridgehead atoms. The quantitative estimate of drug-likeness (QED) is 0.879. The van der Waals surface area contributed by atoms with E-state index in [2.05, 4.69) is 15.8 Å². The number of hydrogen-bond donors (Lipinski definition) is 2. The fourth-order valence-electron chi connectivity index (χ4n) is 2.84. The lowest BCUT2D eigenvalue weighted by Crippen LogP contribution is -2.39. The molecule has 0 saturated carbocycles. The van der Waals surface area contributed by atoms with Crippen molar-refractivity contribution in [2.75, 3.05) is 5.73 Å². The number of imidazole rings is 1. The Kier molecular flexibility index (Phi) is 3.46. The van der Waals surface area contributed by atoms with Crippen molar-refractivity contribution in [1.82, 2.24) is 14.3 Å². The van der Waals surface area contributed by atoms with E-state index in [4.69, 9.17) is 5.73 Å². The van der Waals surface area contributed by atoms with Crippen molar-refractivity contribution in [1.29, 1.82) is 0 Å². The van der Waals surface area contributed by atoms with Crippen LogP contribution in [0.5, 0.6) is 0 Å². The van der Waals surface area contributed by atoms with Gasteiger partial charge in [0.05, 0.1) is 6.33 Å². The highest BCUT2D eigenvalue weighted by Crippen LogP contribution is 2.23. The number of benzene rings is 1. The fourth-order valence-corrected chi connectivity index (χ4v) is 4.34.